The largest absolute Gasteiger partial charge is 0.508 e. The molecule has 1 unspecified atom stereocenters. The smallest absolute Gasteiger partial charge is 0.115 e. The second-order valence-corrected chi connectivity index (χ2v) is 6.21. The standard InChI is InChI=1S/C15H16O3S2/c1-11(10-19-14-6-2-12(16)3-7-14)18-20-15-8-4-13(17)5-9-15/h2-9,11,16-17H,10H2,1H3. The average Bonchev–Trinajstić information content (AvgIpc) is 2.46. The Morgan fingerprint density at radius 3 is 1.95 bits per heavy atom. The molecule has 2 aromatic rings. The summed E-state index contributed by atoms with van der Waals surface area (Å²) < 4.78 is 5.68. The Hall–Kier alpha value is -1.30. The van der Waals surface area contributed by atoms with Crippen molar-refractivity contribution in [2.24, 2.45) is 0 Å². The van der Waals surface area contributed by atoms with Crippen LogP contribution < -0.4 is 0 Å². The number of rotatable bonds is 6. The van der Waals surface area contributed by atoms with E-state index in [1.54, 1.807) is 36.0 Å². The maximum absolute atomic E-state index is 9.21. The van der Waals surface area contributed by atoms with Crippen LogP contribution in [0.2, 0.25) is 0 Å². The molecule has 106 valence electrons. The molecule has 2 aromatic carbocycles. The number of phenols is 2. The Bertz CT molecular complexity index is 476. The fraction of sp³-hybridized carbons (Fsp3) is 0.200. The van der Waals surface area contributed by atoms with Gasteiger partial charge in [0.2, 0.25) is 0 Å². The van der Waals surface area contributed by atoms with Gasteiger partial charge in [0.15, 0.2) is 0 Å². The van der Waals surface area contributed by atoms with Crippen molar-refractivity contribution >= 4 is 23.8 Å². The molecule has 0 bridgehead atoms. The van der Waals surface area contributed by atoms with Crippen LogP contribution in [0.5, 0.6) is 11.5 Å². The van der Waals surface area contributed by atoms with E-state index >= 15 is 0 Å². The predicted molar refractivity (Wildman–Crippen MR) is 83.3 cm³/mol. The molecule has 0 aliphatic carbocycles. The van der Waals surface area contributed by atoms with E-state index in [1.807, 2.05) is 31.2 Å². The third-order valence-electron chi connectivity index (χ3n) is 2.47. The zero-order valence-corrected chi connectivity index (χ0v) is 12.7. The van der Waals surface area contributed by atoms with Crippen LogP contribution in [-0.4, -0.2) is 22.1 Å². The lowest BCUT2D eigenvalue weighted by Crippen LogP contribution is -2.06. The van der Waals surface area contributed by atoms with Crippen LogP contribution in [0, 0.1) is 0 Å². The maximum atomic E-state index is 9.21. The molecule has 0 saturated heterocycles. The predicted octanol–water partition coefficient (Wildman–Crippen LogP) is 4.30. The molecule has 0 fully saturated rings. The monoisotopic (exact) mass is 308 g/mol. The van der Waals surface area contributed by atoms with Crippen molar-refractivity contribution in [3.63, 3.8) is 0 Å². The molecule has 0 radical (unpaired) electrons. The summed E-state index contributed by atoms with van der Waals surface area (Å²) in [5, 5.41) is 18.4. The first-order valence-electron chi connectivity index (χ1n) is 6.17. The molecule has 0 aromatic heterocycles. The summed E-state index contributed by atoms with van der Waals surface area (Å²) in [5.41, 5.74) is 0. The third-order valence-corrected chi connectivity index (χ3v) is 4.60. The first-order chi connectivity index (χ1) is 9.63. The van der Waals surface area contributed by atoms with Gasteiger partial charge in [-0.05, 0) is 55.5 Å². The van der Waals surface area contributed by atoms with Gasteiger partial charge in [-0.2, -0.15) is 0 Å². The molecule has 20 heavy (non-hydrogen) atoms. The minimum atomic E-state index is 0.0904. The number of benzene rings is 2. The van der Waals surface area contributed by atoms with E-state index in [2.05, 4.69) is 0 Å². The van der Waals surface area contributed by atoms with Crippen molar-refractivity contribution in [2.45, 2.75) is 22.8 Å². The van der Waals surface area contributed by atoms with Gasteiger partial charge in [-0.25, -0.2) is 0 Å². The van der Waals surface area contributed by atoms with Crippen molar-refractivity contribution in [1.82, 2.24) is 0 Å². The zero-order valence-electron chi connectivity index (χ0n) is 11.0. The van der Waals surface area contributed by atoms with E-state index in [9.17, 15) is 10.2 Å². The topological polar surface area (TPSA) is 49.7 Å². The van der Waals surface area contributed by atoms with Crippen LogP contribution in [0.25, 0.3) is 0 Å². The van der Waals surface area contributed by atoms with Crippen LogP contribution in [0.3, 0.4) is 0 Å². The highest BCUT2D eigenvalue weighted by Crippen LogP contribution is 2.26. The van der Waals surface area contributed by atoms with Crippen LogP contribution in [0.4, 0.5) is 0 Å². The molecular weight excluding hydrogens is 292 g/mol. The molecule has 5 heteroatoms. The van der Waals surface area contributed by atoms with Crippen LogP contribution in [0.1, 0.15) is 6.92 Å². The molecule has 1 atom stereocenters. The first-order valence-corrected chi connectivity index (χ1v) is 7.90. The van der Waals surface area contributed by atoms with Crippen LogP contribution in [0.15, 0.2) is 58.3 Å². The summed E-state index contributed by atoms with van der Waals surface area (Å²) in [7, 11) is 0. The van der Waals surface area contributed by atoms with E-state index in [0.717, 1.165) is 15.5 Å². The summed E-state index contributed by atoms with van der Waals surface area (Å²) in [4.78, 5) is 2.07. The van der Waals surface area contributed by atoms with Gasteiger partial charge in [0, 0.05) is 27.6 Å². The van der Waals surface area contributed by atoms with E-state index in [-0.39, 0.29) is 17.6 Å². The highest BCUT2D eigenvalue weighted by atomic mass is 32.2. The third kappa shape index (κ3) is 5.00. The molecule has 0 saturated carbocycles. The molecule has 0 heterocycles. The maximum Gasteiger partial charge on any atom is 0.115 e. The van der Waals surface area contributed by atoms with Crippen LogP contribution >= 0.6 is 23.8 Å². The number of hydrogen-bond donors (Lipinski definition) is 2. The summed E-state index contributed by atoms with van der Waals surface area (Å²) in [6, 6.07) is 14.1. The van der Waals surface area contributed by atoms with Crippen molar-refractivity contribution in [1.29, 1.82) is 0 Å². The quantitative estimate of drug-likeness (QED) is 0.615. The van der Waals surface area contributed by atoms with Gasteiger partial charge in [-0.3, -0.25) is 0 Å². The van der Waals surface area contributed by atoms with Gasteiger partial charge >= 0.3 is 0 Å². The second kappa shape index (κ2) is 7.47. The molecule has 0 spiro atoms. The lowest BCUT2D eigenvalue weighted by molar-refractivity contribution is 0.294. The van der Waals surface area contributed by atoms with Gasteiger partial charge in [0.05, 0.1) is 6.10 Å². The molecule has 3 nitrogen and oxygen atoms in total. The number of hydrogen-bond acceptors (Lipinski definition) is 5. The fourth-order valence-corrected chi connectivity index (χ4v) is 2.92. The van der Waals surface area contributed by atoms with E-state index < -0.39 is 0 Å². The highest BCUT2D eigenvalue weighted by Gasteiger charge is 2.05. The summed E-state index contributed by atoms with van der Waals surface area (Å²) in [6.07, 6.45) is 0.0904. The lowest BCUT2D eigenvalue weighted by Gasteiger charge is -2.11. The number of phenolic OH excluding ortho intramolecular Hbond substituents is 2. The molecule has 0 amide bonds. The van der Waals surface area contributed by atoms with Gasteiger partial charge < -0.3 is 14.4 Å². The second-order valence-electron chi connectivity index (χ2n) is 4.29. The fourth-order valence-electron chi connectivity index (χ4n) is 1.42. The molecule has 0 aliphatic heterocycles. The van der Waals surface area contributed by atoms with E-state index in [4.69, 9.17) is 4.18 Å². The van der Waals surface area contributed by atoms with Gasteiger partial charge in [0.25, 0.3) is 0 Å². The lowest BCUT2D eigenvalue weighted by atomic mass is 10.3. The summed E-state index contributed by atoms with van der Waals surface area (Å²) >= 11 is 3.00. The Kier molecular flexibility index (Phi) is 5.64. The number of thioether (sulfide) groups is 1. The zero-order chi connectivity index (χ0) is 14.4. The van der Waals surface area contributed by atoms with E-state index in [1.165, 1.54) is 12.0 Å². The Morgan fingerprint density at radius 1 is 0.900 bits per heavy atom. The molecular formula is C15H16O3S2. The van der Waals surface area contributed by atoms with Gasteiger partial charge in [-0.1, -0.05) is 0 Å². The first kappa shape index (κ1) is 15.1. The molecule has 2 rings (SSSR count). The Balaban J connectivity index is 1.73. The van der Waals surface area contributed by atoms with Gasteiger partial charge in [0.1, 0.15) is 11.5 Å². The van der Waals surface area contributed by atoms with E-state index in [0.29, 0.717) is 0 Å². The Morgan fingerprint density at radius 2 is 1.40 bits per heavy atom. The summed E-state index contributed by atoms with van der Waals surface area (Å²) in [6.45, 7) is 2.01. The van der Waals surface area contributed by atoms with Crippen molar-refractivity contribution in [2.75, 3.05) is 5.75 Å². The van der Waals surface area contributed by atoms with Crippen molar-refractivity contribution in [3.8, 4) is 11.5 Å². The van der Waals surface area contributed by atoms with Crippen molar-refractivity contribution < 1.29 is 14.4 Å². The highest BCUT2D eigenvalue weighted by molar-refractivity contribution is 7.99. The molecule has 2 N–H and O–H groups in total. The minimum absolute atomic E-state index is 0.0904. The average molecular weight is 308 g/mol. The minimum Gasteiger partial charge on any atom is -0.508 e. The normalized spacial score (nSPS) is 12.2. The van der Waals surface area contributed by atoms with Crippen molar-refractivity contribution in [3.05, 3.63) is 48.5 Å². The Labute approximate surface area is 127 Å². The molecule has 0 aliphatic rings. The number of aromatic hydroxyl groups is 2. The summed E-state index contributed by atoms with van der Waals surface area (Å²) in [5.74, 6) is 1.36. The SMILES string of the molecule is CC(CSc1ccc(O)cc1)OSc1ccc(O)cc1. The van der Waals surface area contributed by atoms with Gasteiger partial charge in [-0.15, -0.1) is 11.8 Å². The van der Waals surface area contributed by atoms with Crippen LogP contribution in [-0.2, 0) is 4.18 Å².